The average Bonchev–Trinajstić information content (AvgIpc) is 3.28. The van der Waals surface area contributed by atoms with Gasteiger partial charge in [-0.15, -0.1) is 0 Å². The lowest BCUT2D eigenvalue weighted by atomic mass is 9.62. The smallest absolute Gasteiger partial charge is 0.228 e. The monoisotopic (exact) mass is 502 g/mol. The molecule has 1 aliphatic carbocycles. The minimum absolute atomic E-state index is 0.0660. The number of pyridine rings is 2. The van der Waals surface area contributed by atoms with Crippen molar-refractivity contribution in [3.63, 3.8) is 0 Å². The van der Waals surface area contributed by atoms with Crippen LogP contribution in [-0.4, -0.2) is 4.98 Å². The van der Waals surface area contributed by atoms with Crippen molar-refractivity contribution in [2.45, 2.75) is 65.1 Å². The number of benzene rings is 3. The molecule has 0 bridgehead atoms. The number of aromatic nitrogens is 2. The molecule has 0 N–H and O–H groups in total. The molecule has 3 aromatic heterocycles. The van der Waals surface area contributed by atoms with Crippen LogP contribution in [0, 0.1) is 13.8 Å². The summed E-state index contributed by atoms with van der Waals surface area (Å²) in [6.07, 6.45) is 4.54. The lowest BCUT2D eigenvalue weighted by Gasteiger charge is -2.42. The number of fused-ring (bicyclic) bond motifs is 8. The van der Waals surface area contributed by atoms with Crippen LogP contribution in [0.15, 0.2) is 65.2 Å². The van der Waals surface area contributed by atoms with Gasteiger partial charge in [0.25, 0.3) is 0 Å². The van der Waals surface area contributed by atoms with Gasteiger partial charge in [0.05, 0.1) is 10.9 Å². The SMILES string of the molecule is [2H]C([2H])([2H])c1nc2oc3c(-c4cc5c6c(ccc5c[n+]4C)C(C)(C)CCC6(C)C)c(C)ccc3c2c2ccccc12. The zero-order valence-corrected chi connectivity index (χ0v) is 23.0. The lowest BCUT2D eigenvalue weighted by molar-refractivity contribution is -0.659. The molecule has 3 heterocycles. The van der Waals surface area contributed by atoms with Gasteiger partial charge in [-0.2, -0.15) is 0 Å². The summed E-state index contributed by atoms with van der Waals surface area (Å²) < 4.78 is 33.2. The summed E-state index contributed by atoms with van der Waals surface area (Å²) in [5.74, 6) is 0. The molecule has 190 valence electrons. The van der Waals surface area contributed by atoms with Crippen LogP contribution in [0.5, 0.6) is 0 Å². The molecular formula is C35H35N2O+. The van der Waals surface area contributed by atoms with Crippen molar-refractivity contribution in [2.75, 3.05) is 0 Å². The molecule has 1 aliphatic rings. The van der Waals surface area contributed by atoms with E-state index in [1.165, 1.54) is 28.3 Å². The Morgan fingerprint density at radius 3 is 2.45 bits per heavy atom. The van der Waals surface area contributed by atoms with E-state index in [2.05, 4.69) is 87.7 Å². The summed E-state index contributed by atoms with van der Waals surface area (Å²) >= 11 is 0. The molecule has 0 atom stereocenters. The number of hydrogen-bond acceptors (Lipinski definition) is 2. The van der Waals surface area contributed by atoms with Crippen LogP contribution in [0.4, 0.5) is 0 Å². The number of hydrogen-bond donors (Lipinski definition) is 0. The lowest BCUT2D eigenvalue weighted by Crippen LogP contribution is -2.35. The molecule has 0 radical (unpaired) electrons. The Bertz CT molecular complexity index is 2060. The van der Waals surface area contributed by atoms with Crippen molar-refractivity contribution in [3.8, 4) is 11.3 Å². The molecular weight excluding hydrogens is 464 g/mol. The topological polar surface area (TPSA) is 29.9 Å². The highest BCUT2D eigenvalue weighted by molar-refractivity contribution is 6.20. The second-order valence-corrected chi connectivity index (χ2v) is 12.5. The Morgan fingerprint density at radius 2 is 1.66 bits per heavy atom. The van der Waals surface area contributed by atoms with Crippen molar-refractivity contribution in [1.29, 1.82) is 0 Å². The summed E-state index contributed by atoms with van der Waals surface area (Å²) in [6.45, 7) is 9.23. The number of nitrogens with zero attached hydrogens (tertiary/aromatic N) is 2. The van der Waals surface area contributed by atoms with E-state index in [0.29, 0.717) is 11.1 Å². The molecule has 0 saturated heterocycles. The summed E-state index contributed by atoms with van der Waals surface area (Å²) in [7, 11) is 2.09. The molecule has 6 aromatic rings. The van der Waals surface area contributed by atoms with E-state index in [4.69, 9.17) is 8.53 Å². The van der Waals surface area contributed by atoms with E-state index in [0.717, 1.165) is 45.0 Å². The Morgan fingerprint density at radius 1 is 0.895 bits per heavy atom. The van der Waals surface area contributed by atoms with Crippen LogP contribution in [0.25, 0.3) is 54.9 Å². The highest BCUT2D eigenvalue weighted by Crippen LogP contribution is 2.49. The maximum atomic E-state index is 8.14. The van der Waals surface area contributed by atoms with Gasteiger partial charge >= 0.3 is 0 Å². The largest absolute Gasteiger partial charge is 0.437 e. The minimum atomic E-state index is -2.35. The average molecular weight is 503 g/mol. The number of furan rings is 1. The first-order valence-electron chi connectivity index (χ1n) is 15.0. The third-order valence-corrected chi connectivity index (χ3v) is 9.02. The van der Waals surface area contributed by atoms with Crippen molar-refractivity contribution in [2.24, 2.45) is 7.05 Å². The molecule has 3 aromatic carbocycles. The first-order chi connectivity index (χ1) is 19.3. The fourth-order valence-electron chi connectivity index (χ4n) is 6.82. The number of rotatable bonds is 1. The summed E-state index contributed by atoms with van der Waals surface area (Å²) in [4.78, 5) is 4.61. The van der Waals surface area contributed by atoms with Gasteiger partial charge < -0.3 is 4.42 Å². The second kappa shape index (κ2) is 7.66. The normalized spacial score (nSPS) is 18.0. The van der Waals surface area contributed by atoms with Gasteiger partial charge in [0.2, 0.25) is 11.4 Å². The minimum Gasteiger partial charge on any atom is -0.437 e. The van der Waals surface area contributed by atoms with Crippen molar-refractivity contribution < 1.29 is 13.1 Å². The molecule has 3 nitrogen and oxygen atoms in total. The maximum Gasteiger partial charge on any atom is 0.228 e. The molecule has 0 spiro atoms. The Labute approximate surface area is 228 Å². The van der Waals surface area contributed by atoms with Crippen LogP contribution >= 0.6 is 0 Å². The summed E-state index contributed by atoms with van der Waals surface area (Å²) in [6, 6.07) is 18.8. The van der Waals surface area contributed by atoms with Gasteiger partial charge in [-0.05, 0) is 71.0 Å². The first kappa shape index (κ1) is 20.3. The standard InChI is InChI=1S/C35H35N2O/c1-20-12-14-25-30-24-11-9-8-10-23(24)21(2)36-33(30)38-32(25)29(20)28-18-26-22(19-37(28)7)13-15-27-31(26)35(5,6)17-16-34(27,3)4/h8-15,18-19H,16-17H2,1-7H3/q+1/i2D3. The predicted molar refractivity (Wildman–Crippen MR) is 158 cm³/mol. The quantitative estimate of drug-likeness (QED) is 0.210. The summed E-state index contributed by atoms with van der Waals surface area (Å²) in [5, 5.41) is 5.79. The molecule has 0 amide bonds. The maximum absolute atomic E-state index is 8.14. The molecule has 0 aliphatic heterocycles. The van der Waals surface area contributed by atoms with E-state index in [1.54, 1.807) is 0 Å². The Balaban J connectivity index is 1.59. The van der Waals surface area contributed by atoms with Crippen LogP contribution in [0.3, 0.4) is 0 Å². The molecule has 3 heteroatoms. The van der Waals surface area contributed by atoms with E-state index in [9.17, 15) is 0 Å². The van der Waals surface area contributed by atoms with Gasteiger partial charge in [0, 0.05) is 32.0 Å². The molecule has 38 heavy (non-hydrogen) atoms. The van der Waals surface area contributed by atoms with Gasteiger partial charge in [0.15, 0.2) is 11.8 Å². The van der Waals surface area contributed by atoms with Crippen LogP contribution < -0.4 is 4.57 Å². The molecule has 7 rings (SSSR count). The highest BCUT2D eigenvalue weighted by Gasteiger charge is 2.38. The van der Waals surface area contributed by atoms with Crippen LogP contribution in [0.1, 0.15) is 67.0 Å². The van der Waals surface area contributed by atoms with Crippen LogP contribution in [0.2, 0.25) is 0 Å². The van der Waals surface area contributed by atoms with Gasteiger partial charge in [-0.1, -0.05) is 70.2 Å². The van der Waals surface area contributed by atoms with Crippen LogP contribution in [-0.2, 0) is 17.9 Å². The highest BCUT2D eigenvalue weighted by atomic mass is 16.3. The van der Waals surface area contributed by atoms with Gasteiger partial charge in [-0.25, -0.2) is 9.55 Å². The van der Waals surface area contributed by atoms with Crippen molar-refractivity contribution >= 4 is 43.6 Å². The van der Waals surface area contributed by atoms with Gasteiger partial charge in [0.1, 0.15) is 7.05 Å². The van der Waals surface area contributed by atoms with E-state index in [1.807, 2.05) is 24.3 Å². The van der Waals surface area contributed by atoms with Crippen molar-refractivity contribution in [1.82, 2.24) is 4.98 Å². The zero-order valence-electron chi connectivity index (χ0n) is 26.0. The Kier molecular flexibility index (Phi) is 4.09. The van der Waals surface area contributed by atoms with E-state index >= 15 is 0 Å². The predicted octanol–water partition coefficient (Wildman–Crippen LogP) is 8.74. The first-order valence-corrected chi connectivity index (χ1v) is 13.5. The molecule has 0 saturated carbocycles. The Hall–Kier alpha value is -3.72. The fraction of sp³-hybridized carbons (Fsp3) is 0.314. The fourth-order valence-corrected chi connectivity index (χ4v) is 6.82. The third kappa shape index (κ3) is 3.14. The zero-order chi connectivity index (χ0) is 29.1. The van der Waals surface area contributed by atoms with Gasteiger partial charge in [-0.3, -0.25) is 0 Å². The van der Waals surface area contributed by atoms with Crippen molar-refractivity contribution in [3.05, 3.63) is 83.2 Å². The third-order valence-electron chi connectivity index (χ3n) is 9.02. The second-order valence-electron chi connectivity index (χ2n) is 12.5. The van der Waals surface area contributed by atoms with E-state index in [-0.39, 0.29) is 16.5 Å². The summed E-state index contributed by atoms with van der Waals surface area (Å²) in [5.41, 5.74) is 7.41. The molecule has 0 unspecified atom stereocenters. The molecule has 0 fully saturated rings. The van der Waals surface area contributed by atoms with E-state index < -0.39 is 6.85 Å². The number of aryl methyl sites for hydroxylation is 3.